The van der Waals surface area contributed by atoms with Crippen molar-refractivity contribution < 1.29 is 38.4 Å². The molecule has 3 N–H and O–H groups in total. The van der Waals surface area contributed by atoms with Crippen LogP contribution in [0.4, 0.5) is 11.4 Å². The second kappa shape index (κ2) is 23.4. The van der Waals surface area contributed by atoms with Gasteiger partial charge >= 0.3 is 5.97 Å². The molecule has 1 heterocycles. The fourth-order valence-electron chi connectivity index (χ4n) is 7.08. The largest absolute Gasteiger partial charge is 0.481 e. The molecule has 0 radical (unpaired) electrons. The van der Waals surface area contributed by atoms with Crippen molar-refractivity contribution in [2.45, 2.75) is 64.8 Å². The van der Waals surface area contributed by atoms with Gasteiger partial charge in [-0.1, -0.05) is 36.4 Å². The number of carboxylic acids is 1. The Hall–Kier alpha value is -4.88. The fraction of sp³-hybridized carbons (Fsp3) is 0.467. The number of carboxylic acid groups (broad SMARTS) is 1. The molecule has 1 aliphatic carbocycles. The summed E-state index contributed by atoms with van der Waals surface area (Å²) in [5.74, 6) is -1.16. The molecule has 5 rings (SSSR count). The molecular weight excluding hydrogens is 725 g/mol. The molecule has 0 saturated carbocycles. The Kier molecular flexibility index (Phi) is 17.7. The third kappa shape index (κ3) is 13.6. The van der Waals surface area contributed by atoms with Crippen LogP contribution in [0.3, 0.4) is 0 Å². The van der Waals surface area contributed by atoms with Crippen LogP contribution in [0.1, 0.15) is 84.6 Å². The lowest BCUT2D eigenvalue weighted by molar-refractivity contribution is -0.138. The normalized spacial score (nSPS) is 14.9. The zero-order valence-electron chi connectivity index (χ0n) is 33.4. The number of rotatable bonds is 24. The Labute approximate surface area is 336 Å². The highest BCUT2D eigenvalue weighted by Crippen LogP contribution is 2.31. The molecule has 3 aromatic carbocycles. The van der Waals surface area contributed by atoms with Gasteiger partial charge in [0, 0.05) is 48.6 Å². The average molecular weight is 783 g/mol. The number of hydrogen-bond donors (Lipinski definition) is 3. The molecule has 1 atom stereocenters. The molecule has 57 heavy (non-hydrogen) atoms. The number of carbonyl (C=O) groups excluding carboxylic acids is 2. The summed E-state index contributed by atoms with van der Waals surface area (Å²) < 4.78 is 21.8. The van der Waals surface area contributed by atoms with Crippen LogP contribution in [0, 0.1) is 0 Å². The molecule has 1 aliphatic heterocycles. The molecule has 0 fully saturated rings. The van der Waals surface area contributed by atoms with Crippen molar-refractivity contribution in [2.24, 2.45) is 4.99 Å². The predicted molar refractivity (Wildman–Crippen MR) is 223 cm³/mol. The minimum Gasteiger partial charge on any atom is -0.481 e. The molecular formula is C45H58N4O8. The molecule has 2 aliphatic rings. The van der Waals surface area contributed by atoms with Crippen molar-refractivity contribution in [1.29, 1.82) is 0 Å². The highest BCUT2D eigenvalue weighted by Gasteiger charge is 2.25. The van der Waals surface area contributed by atoms with Crippen molar-refractivity contribution in [3.8, 4) is 0 Å². The van der Waals surface area contributed by atoms with Gasteiger partial charge in [0.05, 0.1) is 70.1 Å². The summed E-state index contributed by atoms with van der Waals surface area (Å²) in [4.78, 5) is 45.0. The molecule has 2 amide bonds. The second-order valence-corrected chi connectivity index (χ2v) is 14.1. The number of aliphatic carboxylic acids is 1. The maximum absolute atomic E-state index is 13.7. The summed E-state index contributed by atoms with van der Waals surface area (Å²) in [7, 11) is 0. The van der Waals surface area contributed by atoms with Crippen molar-refractivity contribution in [3.63, 3.8) is 0 Å². The molecule has 0 bridgehead atoms. The standard InChI is InChI=1S/C45H58N4O8/c1-3-49(4-2)37-17-18-41(39(32-37)42-31-36(19-21-46-42)45(53)47-40-16-8-13-34-12-5-6-15-38(34)40)48-44(52)35-14-7-10-33(30-35)11-9-22-54-24-26-56-28-29-57-27-25-55-23-20-43(50)51/h5-7,10,12,14-15,17-18,30-32,40H,3-4,8-9,11,13,16,19-29H2,1-2H3,(H,47,53)(H,48,52)(H,50,51). The van der Waals surface area contributed by atoms with Crippen LogP contribution in [0.25, 0.3) is 0 Å². The summed E-state index contributed by atoms with van der Waals surface area (Å²) in [5, 5.41) is 15.1. The molecule has 1 unspecified atom stereocenters. The average Bonchev–Trinajstić information content (AvgIpc) is 3.23. The summed E-state index contributed by atoms with van der Waals surface area (Å²) in [6.45, 7) is 9.66. The van der Waals surface area contributed by atoms with E-state index >= 15 is 0 Å². The Bertz CT molecular complexity index is 1840. The summed E-state index contributed by atoms with van der Waals surface area (Å²) in [6.07, 6.45) is 6.98. The van der Waals surface area contributed by atoms with E-state index in [-0.39, 0.29) is 30.9 Å². The van der Waals surface area contributed by atoms with Gasteiger partial charge in [-0.25, -0.2) is 0 Å². The maximum Gasteiger partial charge on any atom is 0.305 e. The first-order valence-electron chi connectivity index (χ1n) is 20.3. The van der Waals surface area contributed by atoms with Crippen LogP contribution in [0.15, 0.2) is 83.4 Å². The number of dihydropyridines is 1. The van der Waals surface area contributed by atoms with Crippen LogP contribution in [0.5, 0.6) is 0 Å². The number of fused-ring (bicyclic) bond motifs is 1. The number of nitrogens with zero attached hydrogens (tertiary/aromatic N) is 2. The number of anilines is 2. The van der Waals surface area contributed by atoms with Crippen LogP contribution in [-0.2, 0) is 41.4 Å². The minimum absolute atomic E-state index is 0.00970. The smallest absolute Gasteiger partial charge is 0.305 e. The first-order valence-corrected chi connectivity index (χ1v) is 20.3. The number of aryl methyl sites for hydroxylation is 2. The molecule has 0 spiro atoms. The van der Waals surface area contributed by atoms with E-state index in [0.717, 1.165) is 62.0 Å². The quantitative estimate of drug-likeness (QED) is 0.0859. The van der Waals surface area contributed by atoms with E-state index in [1.807, 2.05) is 48.5 Å². The number of benzene rings is 3. The third-order valence-electron chi connectivity index (χ3n) is 10.1. The van der Waals surface area contributed by atoms with Gasteiger partial charge in [0.15, 0.2) is 0 Å². The lowest BCUT2D eigenvalue weighted by atomic mass is 9.87. The minimum atomic E-state index is -0.881. The predicted octanol–water partition coefficient (Wildman–Crippen LogP) is 6.57. The van der Waals surface area contributed by atoms with Gasteiger partial charge in [-0.05, 0) is 105 Å². The summed E-state index contributed by atoms with van der Waals surface area (Å²) in [6, 6.07) is 22.0. The van der Waals surface area contributed by atoms with Gasteiger partial charge in [-0.3, -0.25) is 19.4 Å². The van der Waals surface area contributed by atoms with E-state index in [1.165, 1.54) is 11.1 Å². The van der Waals surface area contributed by atoms with E-state index in [4.69, 9.17) is 29.0 Å². The lowest BCUT2D eigenvalue weighted by Crippen LogP contribution is -2.33. The third-order valence-corrected chi connectivity index (χ3v) is 10.1. The lowest BCUT2D eigenvalue weighted by Gasteiger charge is -2.27. The highest BCUT2D eigenvalue weighted by atomic mass is 16.6. The maximum atomic E-state index is 13.7. The van der Waals surface area contributed by atoms with Crippen molar-refractivity contribution in [1.82, 2.24) is 5.32 Å². The number of nitrogens with one attached hydrogen (secondary N) is 2. The van der Waals surface area contributed by atoms with Gasteiger partial charge < -0.3 is 39.6 Å². The molecule has 0 aromatic heterocycles. The molecule has 306 valence electrons. The number of ether oxygens (including phenoxy) is 4. The Morgan fingerprint density at radius 1 is 0.807 bits per heavy atom. The Balaban J connectivity index is 1.13. The summed E-state index contributed by atoms with van der Waals surface area (Å²) in [5.41, 5.74) is 7.93. The Morgan fingerprint density at radius 3 is 2.26 bits per heavy atom. The van der Waals surface area contributed by atoms with E-state index in [0.29, 0.717) is 81.7 Å². The van der Waals surface area contributed by atoms with E-state index in [1.54, 1.807) is 0 Å². The van der Waals surface area contributed by atoms with Gasteiger partial charge in [0.1, 0.15) is 0 Å². The van der Waals surface area contributed by atoms with Crippen LogP contribution in [0.2, 0.25) is 0 Å². The van der Waals surface area contributed by atoms with E-state index < -0.39 is 5.97 Å². The van der Waals surface area contributed by atoms with Crippen LogP contribution < -0.4 is 15.5 Å². The fourth-order valence-corrected chi connectivity index (χ4v) is 7.08. The van der Waals surface area contributed by atoms with Gasteiger partial charge in [-0.2, -0.15) is 0 Å². The second-order valence-electron chi connectivity index (χ2n) is 14.1. The van der Waals surface area contributed by atoms with Crippen molar-refractivity contribution in [2.75, 3.05) is 82.7 Å². The molecule has 12 nitrogen and oxygen atoms in total. The zero-order chi connectivity index (χ0) is 40.2. The molecule has 3 aromatic rings. The van der Waals surface area contributed by atoms with Crippen molar-refractivity contribution in [3.05, 3.63) is 106 Å². The number of allylic oxidation sites excluding steroid dienone is 1. The highest BCUT2D eigenvalue weighted by molar-refractivity contribution is 6.18. The van der Waals surface area contributed by atoms with Gasteiger partial charge in [-0.15, -0.1) is 0 Å². The first-order chi connectivity index (χ1) is 27.9. The SMILES string of the molecule is CCN(CC)c1ccc(NC(=O)c2cccc(CCCOCCOCCOCCOCCC(=O)O)c2)c(C2=NCCC(C(=O)NC3CCCc4ccccc43)=C2)c1. The van der Waals surface area contributed by atoms with Crippen LogP contribution >= 0.6 is 0 Å². The van der Waals surface area contributed by atoms with E-state index in [9.17, 15) is 14.4 Å². The van der Waals surface area contributed by atoms with E-state index in [2.05, 4.69) is 53.6 Å². The van der Waals surface area contributed by atoms with Gasteiger partial charge in [0.25, 0.3) is 5.91 Å². The number of aliphatic imine (C=N–C) groups is 1. The molecule has 0 saturated heterocycles. The van der Waals surface area contributed by atoms with Crippen LogP contribution in [-0.4, -0.2) is 101 Å². The number of amides is 2. The summed E-state index contributed by atoms with van der Waals surface area (Å²) >= 11 is 0. The molecule has 12 heteroatoms. The monoisotopic (exact) mass is 782 g/mol. The number of hydrogen-bond acceptors (Lipinski definition) is 9. The number of carbonyl (C=O) groups is 3. The van der Waals surface area contributed by atoms with Crippen molar-refractivity contribution >= 4 is 34.9 Å². The Morgan fingerprint density at radius 2 is 1.53 bits per heavy atom. The topological polar surface area (TPSA) is 148 Å². The van der Waals surface area contributed by atoms with Gasteiger partial charge in [0.2, 0.25) is 5.91 Å². The zero-order valence-corrected chi connectivity index (χ0v) is 33.4. The first kappa shape index (κ1) is 43.2.